The van der Waals surface area contributed by atoms with Gasteiger partial charge in [0.2, 0.25) is 0 Å². The van der Waals surface area contributed by atoms with E-state index < -0.39 is 38.1 Å². The number of unbranched alkanes of at least 4 members (excludes halogenated alkanes) is 3. The van der Waals surface area contributed by atoms with Gasteiger partial charge in [-0.2, -0.15) is 8.42 Å². The second-order valence-corrected chi connectivity index (χ2v) is 11.5. The van der Waals surface area contributed by atoms with Crippen molar-refractivity contribution in [1.82, 2.24) is 0 Å². The zero-order chi connectivity index (χ0) is 32.7. The third kappa shape index (κ3) is 17.7. The number of aliphatic hydroxyl groups excluding tert-OH is 2. The SMILES string of the molecule is CCCC[N+](CCCC)(CCCC)Cc1ccccc1.O=C(O)c1cc(C(=O)O)cc(S(=O)(=O)O)c1.OCCOCCO. The Morgan fingerprint density at radius 3 is 1.49 bits per heavy atom. The van der Waals surface area contributed by atoms with Gasteiger partial charge in [0.25, 0.3) is 10.1 Å². The lowest BCUT2D eigenvalue weighted by Crippen LogP contribution is -2.49. The van der Waals surface area contributed by atoms with Crippen LogP contribution in [-0.2, 0) is 21.4 Å². The zero-order valence-corrected chi connectivity index (χ0v) is 26.5. The van der Waals surface area contributed by atoms with Crippen molar-refractivity contribution in [3.63, 3.8) is 0 Å². The first-order valence-corrected chi connectivity index (χ1v) is 16.1. The Kier molecular flexibility index (Phi) is 21.1. The monoisotopic (exact) mass is 628 g/mol. The van der Waals surface area contributed by atoms with E-state index in [0.29, 0.717) is 25.3 Å². The number of quaternary nitrogens is 1. The van der Waals surface area contributed by atoms with Crippen LogP contribution in [-0.4, -0.2) is 95.9 Å². The molecule has 2 aromatic carbocycles. The normalized spacial score (nSPS) is 11.1. The van der Waals surface area contributed by atoms with Gasteiger partial charge in [-0.05, 0) is 37.5 Å². The first kappa shape index (κ1) is 40.1. The molecule has 0 saturated carbocycles. The topological polar surface area (TPSA) is 179 Å². The van der Waals surface area contributed by atoms with Crippen molar-refractivity contribution in [3.8, 4) is 0 Å². The highest BCUT2D eigenvalue weighted by atomic mass is 32.2. The molecule has 11 nitrogen and oxygen atoms in total. The number of aromatic carboxylic acids is 2. The minimum atomic E-state index is -4.64. The van der Waals surface area contributed by atoms with Gasteiger partial charge in [-0.1, -0.05) is 70.4 Å². The first-order chi connectivity index (χ1) is 20.4. The molecule has 0 aliphatic rings. The van der Waals surface area contributed by atoms with Crippen molar-refractivity contribution in [3.05, 3.63) is 65.2 Å². The Balaban J connectivity index is 0.000000684. The van der Waals surface area contributed by atoms with Crippen LogP contribution in [0.2, 0.25) is 0 Å². The summed E-state index contributed by atoms with van der Waals surface area (Å²) in [7, 11) is -4.64. The van der Waals surface area contributed by atoms with Crippen molar-refractivity contribution < 1.29 is 52.2 Å². The van der Waals surface area contributed by atoms with Crippen LogP contribution < -0.4 is 0 Å². The highest BCUT2D eigenvalue weighted by Gasteiger charge is 2.26. The van der Waals surface area contributed by atoms with Crippen molar-refractivity contribution in [1.29, 1.82) is 0 Å². The van der Waals surface area contributed by atoms with Crippen LogP contribution in [0.3, 0.4) is 0 Å². The number of aliphatic hydroxyl groups is 2. The second kappa shape index (κ2) is 22.6. The molecule has 0 spiro atoms. The Morgan fingerprint density at radius 2 is 1.16 bits per heavy atom. The van der Waals surface area contributed by atoms with E-state index in [4.69, 9.17) is 25.0 Å². The number of carbonyl (C=O) groups is 2. The van der Waals surface area contributed by atoms with E-state index in [2.05, 4.69) is 55.8 Å². The Morgan fingerprint density at radius 1 is 0.744 bits per heavy atom. The molecular formula is C31H50NO10S+. The lowest BCUT2D eigenvalue weighted by molar-refractivity contribution is -0.941. The first-order valence-electron chi connectivity index (χ1n) is 14.7. The van der Waals surface area contributed by atoms with Crippen LogP contribution in [0.25, 0.3) is 0 Å². The van der Waals surface area contributed by atoms with Gasteiger partial charge < -0.3 is 29.6 Å². The number of hydrogen-bond acceptors (Lipinski definition) is 7. The summed E-state index contributed by atoms with van der Waals surface area (Å²) in [6, 6.07) is 13.2. The van der Waals surface area contributed by atoms with Crippen LogP contribution in [0.5, 0.6) is 0 Å². The number of hydrogen-bond donors (Lipinski definition) is 5. The van der Waals surface area contributed by atoms with E-state index in [-0.39, 0.29) is 13.2 Å². The number of carboxylic acids is 2. The summed E-state index contributed by atoms with van der Waals surface area (Å²) in [5.74, 6) is -2.99. The molecule has 0 bridgehead atoms. The van der Waals surface area contributed by atoms with Crippen molar-refractivity contribution in [2.75, 3.05) is 46.1 Å². The summed E-state index contributed by atoms with van der Waals surface area (Å²) >= 11 is 0. The molecule has 0 aliphatic heterocycles. The fraction of sp³-hybridized carbons (Fsp3) is 0.548. The van der Waals surface area contributed by atoms with E-state index in [1.807, 2.05) is 0 Å². The van der Waals surface area contributed by atoms with E-state index >= 15 is 0 Å². The molecule has 0 saturated heterocycles. The molecule has 0 radical (unpaired) electrons. The van der Waals surface area contributed by atoms with Crippen molar-refractivity contribution >= 4 is 22.1 Å². The van der Waals surface area contributed by atoms with Crippen molar-refractivity contribution in [2.45, 2.75) is 70.7 Å². The molecule has 2 aromatic rings. The fourth-order valence-corrected chi connectivity index (χ4v) is 4.80. The van der Waals surface area contributed by atoms with Crippen molar-refractivity contribution in [2.24, 2.45) is 0 Å². The molecule has 0 fully saturated rings. The van der Waals surface area contributed by atoms with Gasteiger partial charge in [0.05, 0.1) is 62.1 Å². The summed E-state index contributed by atoms with van der Waals surface area (Å²) < 4.78 is 36.1. The van der Waals surface area contributed by atoms with E-state index in [1.165, 1.54) is 74.8 Å². The molecule has 244 valence electrons. The molecule has 0 aromatic heterocycles. The minimum absolute atomic E-state index is 0.0278. The van der Waals surface area contributed by atoms with E-state index in [9.17, 15) is 18.0 Å². The third-order valence-corrected chi connectivity index (χ3v) is 7.32. The van der Waals surface area contributed by atoms with E-state index in [1.54, 1.807) is 0 Å². The lowest BCUT2D eigenvalue weighted by Gasteiger charge is -2.39. The molecule has 43 heavy (non-hydrogen) atoms. The number of ether oxygens (including phenoxy) is 1. The van der Waals surface area contributed by atoms with Gasteiger partial charge in [0, 0.05) is 5.56 Å². The van der Waals surface area contributed by atoms with Crippen LogP contribution in [0.4, 0.5) is 0 Å². The van der Waals surface area contributed by atoms with Gasteiger partial charge in [-0.15, -0.1) is 0 Å². The predicted octanol–water partition coefficient (Wildman–Crippen LogP) is 4.72. The average Bonchev–Trinajstić information content (AvgIpc) is 2.98. The zero-order valence-electron chi connectivity index (χ0n) is 25.7. The molecular weight excluding hydrogens is 578 g/mol. The fourth-order valence-electron chi connectivity index (χ4n) is 4.25. The predicted molar refractivity (Wildman–Crippen MR) is 165 cm³/mol. The van der Waals surface area contributed by atoms with Crippen LogP contribution in [0.15, 0.2) is 53.4 Å². The molecule has 0 heterocycles. The Labute approximate surface area is 256 Å². The summed E-state index contributed by atoms with van der Waals surface area (Å²) in [4.78, 5) is 20.4. The largest absolute Gasteiger partial charge is 0.478 e. The summed E-state index contributed by atoms with van der Waals surface area (Å²) in [5, 5.41) is 33.4. The van der Waals surface area contributed by atoms with Gasteiger partial charge in [0.15, 0.2) is 0 Å². The summed E-state index contributed by atoms with van der Waals surface area (Å²) in [6.07, 6.45) is 8.02. The second-order valence-electron chi connectivity index (χ2n) is 10.1. The summed E-state index contributed by atoms with van der Waals surface area (Å²) in [6.45, 7) is 12.9. The van der Waals surface area contributed by atoms with Gasteiger partial charge >= 0.3 is 11.9 Å². The van der Waals surface area contributed by atoms with Crippen LogP contribution in [0, 0.1) is 0 Å². The highest BCUT2D eigenvalue weighted by molar-refractivity contribution is 7.85. The average molecular weight is 629 g/mol. The van der Waals surface area contributed by atoms with Gasteiger partial charge in [-0.3, -0.25) is 4.55 Å². The van der Waals surface area contributed by atoms with Gasteiger partial charge in [0.1, 0.15) is 6.54 Å². The molecule has 0 atom stereocenters. The number of benzene rings is 2. The Hall–Kier alpha value is -2.87. The highest BCUT2D eigenvalue weighted by Crippen LogP contribution is 2.20. The van der Waals surface area contributed by atoms with Gasteiger partial charge in [-0.25, -0.2) is 9.59 Å². The van der Waals surface area contributed by atoms with Crippen LogP contribution >= 0.6 is 0 Å². The number of carboxylic acid groups (broad SMARTS) is 2. The van der Waals surface area contributed by atoms with Crippen LogP contribution in [0.1, 0.15) is 85.6 Å². The quantitative estimate of drug-likeness (QED) is 0.0881. The maximum absolute atomic E-state index is 10.8. The maximum atomic E-state index is 10.8. The third-order valence-electron chi connectivity index (χ3n) is 6.49. The Bertz CT molecular complexity index is 1100. The standard InChI is InChI=1S/C19H34N.C8H6O7S.C4H10O3/c1-4-7-15-20(16-8-5-2,17-9-6-3)18-19-13-11-10-12-14-19;9-7(10)4-1-5(8(11)12)3-6(2-4)16(13,14)15;5-1-3-7-4-2-6/h10-14H,4-9,15-18H2,1-3H3;1-3H,(H,9,10)(H,11,12)(H,13,14,15);5-6H,1-4H2/q+1;;. The molecule has 5 N–H and O–H groups in total. The molecule has 0 unspecified atom stereocenters. The lowest BCUT2D eigenvalue weighted by atomic mass is 10.1. The number of nitrogens with zero attached hydrogens (tertiary/aromatic N) is 1. The minimum Gasteiger partial charge on any atom is -0.478 e. The van der Waals surface area contributed by atoms with E-state index in [0.717, 1.165) is 6.07 Å². The molecule has 0 aliphatic carbocycles. The molecule has 0 amide bonds. The molecule has 2 rings (SSSR count). The maximum Gasteiger partial charge on any atom is 0.335 e. The molecule has 12 heteroatoms. The number of rotatable bonds is 18. The smallest absolute Gasteiger partial charge is 0.335 e. The summed E-state index contributed by atoms with van der Waals surface area (Å²) in [5.41, 5.74) is 0.441.